The third kappa shape index (κ3) is 4.21. The molecule has 0 amide bonds. The zero-order chi connectivity index (χ0) is 31.3. The van der Waals surface area contributed by atoms with Crippen molar-refractivity contribution in [3.63, 3.8) is 0 Å². The van der Waals surface area contributed by atoms with Gasteiger partial charge in [-0.25, -0.2) is 9.98 Å². The number of nitrogens with zero attached hydrogens (tertiary/aromatic N) is 5. The van der Waals surface area contributed by atoms with Crippen LogP contribution in [0, 0.1) is 0 Å². The number of benzene rings is 7. The Morgan fingerprint density at radius 1 is 0.574 bits per heavy atom. The summed E-state index contributed by atoms with van der Waals surface area (Å²) in [6.07, 6.45) is 0. The van der Waals surface area contributed by atoms with Gasteiger partial charge in [-0.05, 0) is 47.1 Å². The van der Waals surface area contributed by atoms with E-state index in [9.17, 15) is 0 Å². The molecule has 2 heterocycles. The van der Waals surface area contributed by atoms with Gasteiger partial charge in [0.2, 0.25) is 5.95 Å². The second kappa shape index (κ2) is 10.9. The third-order valence-corrected chi connectivity index (χ3v) is 9.13. The standard InChI is InChI=1S/C42H29N5/c1-43-41(28-15-3-2-4-16-28)44-27-35-31-19-6-5-17-29(31)30-18-7-8-22-34(30)40(35)47-38-25-13-10-21-33(38)32-20-9-12-24-37(32)46-39-26-14-11-23-36(39)45-42(46)47/h2-26H,1,27H2. The van der Waals surface area contributed by atoms with E-state index in [1.54, 1.807) is 0 Å². The Kier molecular flexibility index (Phi) is 6.28. The number of rotatable bonds is 4. The molecule has 1 aliphatic heterocycles. The largest absolute Gasteiger partial charge is 0.279 e. The maximum absolute atomic E-state index is 5.38. The Morgan fingerprint density at radius 3 is 1.91 bits per heavy atom. The van der Waals surface area contributed by atoms with Gasteiger partial charge in [0, 0.05) is 27.6 Å². The summed E-state index contributed by atoms with van der Waals surface area (Å²) in [7, 11) is 0. The van der Waals surface area contributed by atoms with Crippen LogP contribution in [-0.2, 0) is 6.54 Å². The second-order valence-corrected chi connectivity index (χ2v) is 11.7. The van der Waals surface area contributed by atoms with Gasteiger partial charge in [0.05, 0.1) is 34.6 Å². The molecule has 1 aliphatic rings. The zero-order valence-electron chi connectivity index (χ0n) is 25.6. The first-order chi connectivity index (χ1) is 23.3. The van der Waals surface area contributed by atoms with Crippen LogP contribution in [0.1, 0.15) is 11.1 Å². The molecule has 47 heavy (non-hydrogen) atoms. The molecule has 0 unspecified atom stereocenters. The molecule has 0 bridgehead atoms. The minimum absolute atomic E-state index is 0.399. The van der Waals surface area contributed by atoms with Crippen molar-refractivity contribution in [2.75, 3.05) is 4.90 Å². The average molecular weight is 604 g/mol. The molecule has 1 aromatic heterocycles. The van der Waals surface area contributed by atoms with Crippen LogP contribution in [0.25, 0.3) is 49.4 Å². The maximum atomic E-state index is 5.38. The summed E-state index contributed by atoms with van der Waals surface area (Å²) in [6.45, 7) is 4.29. The molecule has 0 aliphatic carbocycles. The minimum Gasteiger partial charge on any atom is -0.279 e. The van der Waals surface area contributed by atoms with E-state index in [-0.39, 0.29) is 0 Å². The normalized spacial score (nSPS) is 12.5. The fourth-order valence-electron chi connectivity index (χ4n) is 7.11. The number of aromatic nitrogens is 2. The monoisotopic (exact) mass is 603 g/mol. The number of para-hydroxylation sites is 4. The molecule has 222 valence electrons. The lowest BCUT2D eigenvalue weighted by molar-refractivity contribution is 1.03. The fraction of sp³-hybridized carbons (Fsp3) is 0.0238. The SMILES string of the molecule is C=NC(=NCc1c(N2c3ccccc3-c3ccccc3-n3c2nc2ccccc23)c2ccccc2c2ccccc12)c1ccccc1. The second-order valence-electron chi connectivity index (χ2n) is 11.7. The van der Waals surface area contributed by atoms with Gasteiger partial charge in [-0.15, -0.1) is 0 Å². The van der Waals surface area contributed by atoms with E-state index in [1.165, 1.54) is 10.8 Å². The number of fused-ring (bicyclic) bond motifs is 10. The van der Waals surface area contributed by atoms with Crippen LogP contribution >= 0.6 is 0 Å². The van der Waals surface area contributed by atoms with Crippen molar-refractivity contribution >= 4 is 62.5 Å². The molecule has 0 atom stereocenters. The number of imidazole rings is 1. The summed E-state index contributed by atoms with van der Waals surface area (Å²) in [4.78, 5) is 17.3. The minimum atomic E-state index is 0.399. The average Bonchev–Trinajstić information content (AvgIpc) is 3.47. The van der Waals surface area contributed by atoms with Crippen molar-refractivity contribution in [2.45, 2.75) is 6.54 Å². The maximum Gasteiger partial charge on any atom is 0.220 e. The van der Waals surface area contributed by atoms with Crippen LogP contribution < -0.4 is 4.90 Å². The topological polar surface area (TPSA) is 45.8 Å². The predicted octanol–water partition coefficient (Wildman–Crippen LogP) is 10.4. The lowest BCUT2D eigenvalue weighted by Gasteiger charge is -2.29. The molecular formula is C42H29N5. The highest BCUT2D eigenvalue weighted by molar-refractivity contribution is 6.17. The first-order valence-corrected chi connectivity index (χ1v) is 15.8. The molecule has 0 saturated heterocycles. The smallest absolute Gasteiger partial charge is 0.220 e. The van der Waals surface area contributed by atoms with E-state index >= 15 is 0 Å². The number of hydrogen-bond acceptors (Lipinski definition) is 3. The Bertz CT molecular complexity index is 2530. The summed E-state index contributed by atoms with van der Waals surface area (Å²) in [5.41, 5.74) is 9.53. The van der Waals surface area contributed by atoms with Crippen LogP contribution in [0.3, 0.4) is 0 Å². The molecule has 7 aromatic carbocycles. The summed E-state index contributed by atoms with van der Waals surface area (Å²) in [6, 6.07) is 53.0. The Labute approximate surface area is 272 Å². The predicted molar refractivity (Wildman–Crippen MR) is 196 cm³/mol. The van der Waals surface area contributed by atoms with Crippen LogP contribution in [0.15, 0.2) is 162 Å². The molecule has 0 N–H and O–H groups in total. The molecule has 0 saturated carbocycles. The Morgan fingerprint density at radius 2 is 1.15 bits per heavy atom. The first kappa shape index (κ1) is 27.0. The van der Waals surface area contributed by atoms with E-state index < -0.39 is 0 Å². The van der Waals surface area contributed by atoms with Gasteiger partial charge >= 0.3 is 0 Å². The van der Waals surface area contributed by atoms with E-state index in [4.69, 9.17) is 9.98 Å². The Balaban J connectivity index is 1.43. The summed E-state index contributed by atoms with van der Waals surface area (Å²) in [5, 5.41) is 4.63. The summed E-state index contributed by atoms with van der Waals surface area (Å²) < 4.78 is 2.31. The van der Waals surface area contributed by atoms with Crippen molar-refractivity contribution in [3.8, 4) is 16.8 Å². The number of amidine groups is 1. The molecule has 0 spiro atoms. The van der Waals surface area contributed by atoms with Gasteiger partial charge in [-0.2, -0.15) is 0 Å². The van der Waals surface area contributed by atoms with Gasteiger partial charge < -0.3 is 0 Å². The molecular weight excluding hydrogens is 574 g/mol. The fourth-order valence-corrected chi connectivity index (χ4v) is 7.11. The van der Waals surface area contributed by atoms with Crippen LogP contribution in [-0.4, -0.2) is 22.1 Å². The van der Waals surface area contributed by atoms with Gasteiger partial charge in [0.25, 0.3) is 0 Å². The molecule has 0 fully saturated rings. The van der Waals surface area contributed by atoms with Gasteiger partial charge in [0.15, 0.2) is 5.84 Å². The highest BCUT2D eigenvalue weighted by Crippen LogP contribution is 2.51. The number of hydrogen-bond donors (Lipinski definition) is 0. The van der Waals surface area contributed by atoms with Crippen LogP contribution in [0.4, 0.5) is 17.3 Å². The van der Waals surface area contributed by atoms with E-state index in [2.05, 4.69) is 143 Å². The molecule has 5 nitrogen and oxygen atoms in total. The van der Waals surface area contributed by atoms with Gasteiger partial charge in [-0.1, -0.05) is 127 Å². The quantitative estimate of drug-likeness (QED) is 0.114. The van der Waals surface area contributed by atoms with Crippen LogP contribution in [0.5, 0.6) is 0 Å². The summed E-state index contributed by atoms with van der Waals surface area (Å²) >= 11 is 0. The van der Waals surface area contributed by atoms with Crippen LogP contribution in [0.2, 0.25) is 0 Å². The highest BCUT2D eigenvalue weighted by atomic mass is 15.3. The third-order valence-electron chi connectivity index (χ3n) is 9.13. The van der Waals surface area contributed by atoms with E-state index in [0.717, 1.165) is 67.1 Å². The number of anilines is 3. The van der Waals surface area contributed by atoms with Gasteiger partial charge in [0.1, 0.15) is 0 Å². The lowest BCUT2D eigenvalue weighted by atomic mass is 9.93. The number of aliphatic imine (C=N–C) groups is 2. The Hall–Kier alpha value is -6.33. The van der Waals surface area contributed by atoms with Gasteiger partial charge in [-0.3, -0.25) is 14.5 Å². The zero-order valence-corrected chi connectivity index (χ0v) is 25.6. The molecule has 9 rings (SSSR count). The lowest BCUT2D eigenvalue weighted by Crippen LogP contribution is -2.17. The highest BCUT2D eigenvalue weighted by Gasteiger charge is 2.32. The van der Waals surface area contributed by atoms with Crippen molar-refractivity contribution in [1.29, 1.82) is 0 Å². The first-order valence-electron chi connectivity index (χ1n) is 15.8. The van der Waals surface area contributed by atoms with Crippen molar-refractivity contribution in [2.24, 2.45) is 9.98 Å². The van der Waals surface area contributed by atoms with E-state index in [1.807, 2.05) is 30.3 Å². The van der Waals surface area contributed by atoms with E-state index in [0.29, 0.717) is 12.4 Å². The molecule has 5 heteroatoms. The molecule has 8 aromatic rings. The van der Waals surface area contributed by atoms with Crippen molar-refractivity contribution in [3.05, 3.63) is 163 Å². The van der Waals surface area contributed by atoms with Crippen molar-refractivity contribution in [1.82, 2.24) is 9.55 Å². The van der Waals surface area contributed by atoms with Crippen molar-refractivity contribution < 1.29 is 0 Å². The summed E-state index contributed by atoms with van der Waals surface area (Å²) in [5.74, 6) is 1.45. The molecule has 0 radical (unpaired) electrons.